The lowest BCUT2D eigenvalue weighted by Crippen LogP contribution is -2.12. The second-order valence-corrected chi connectivity index (χ2v) is 4.39. The van der Waals surface area contributed by atoms with Crippen LogP contribution in [0.25, 0.3) is 0 Å². The largest absolute Gasteiger partial charge is 0.393 e. The molecule has 2 N–H and O–H groups in total. The van der Waals surface area contributed by atoms with Crippen molar-refractivity contribution >= 4 is 11.9 Å². The maximum absolute atomic E-state index is 11.1. The summed E-state index contributed by atoms with van der Waals surface area (Å²) in [5.74, 6) is -1.25. The van der Waals surface area contributed by atoms with E-state index in [-0.39, 0.29) is 12.8 Å². The third kappa shape index (κ3) is 11.3. The summed E-state index contributed by atoms with van der Waals surface area (Å²) in [6.07, 6.45) is 1.25. The molecule has 0 saturated heterocycles. The van der Waals surface area contributed by atoms with Crippen LogP contribution in [-0.4, -0.2) is 34.4 Å². The molecule has 0 radical (unpaired) electrons. The van der Waals surface area contributed by atoms with Crippen LogP contribution in [0.5, 0.6) is 0 Å². The SMILES string of the molecule is CC(O)CCCC(=O)OOC(=O)CCCC(C)O. The van der Waals surface area contributed by atoms with Gasteiger partial charge in [-0.25, -0.2) is 19.4 Å². The van der Waals surface area contributed by atoms with Crippen molar-refractivity contribution in [2.75, 3.05) is 0 Å². The molecule has 0 aliphatic carbocycles. The lowest BCUT2D eigenvalue weighted by Gasteiger charge is -2.05. The Kier molecular flexibility index (Phi) is 9.22. The van der Waals surface area contributed by atoms with Crippen molar-refractivity contribution in [1.29, 1.82) is 0 Å². The summed E-state index contributed by atoms with van der Waals surface area (Å²) in [5, 5.41) is 17.9. The van der Waals surface area contributed by atoms with E-state index in [0.29, 0.717) is 25.7 Å². The highest BCUT2D eigenvalue weighted by Crippen LogP contribution is 2.04. The highest BCUT2D eigenvalue weighted by Gasteiger charge is 2.10. The van der Waals surface area contributed by atoms with Crippen LogP contribution in [0, 0.1) is 0 Å². The van der Waals surface area contributed by atoms with Crippen molar-refractivity contribution in [2.45, 2.75) is 64.6 Å². The number of carbonyl (C=O) groups excluding carboxylic acids is 2. The molecule has 0 rings (SSSR count). The first-order chi connectivity index (χ1) is 8.41. The molecule has 0 bridgehead atoms. The molecule has 0 aromatic rings. The van der Waals surface area contributed by atoms with Crippen molar-refractivity contribution in [1.82, 2.24) is 0 Å². The zero-order chi connectivity index (χ0) is 14.0. The standard InChI is InChI=1S/C12H22O6/c1-9(13)5-3-7-11(15)17-18-12(16)8-4-6-10(2)14/h9-10,13-14H,3-8H2,1-2H3. The zero-order valence-electron chi connectivity index (χ0n) is 10.9. The van der Waals surface area contributed by atoms with Crippen molar-refractivity contribution in [3.8, 4) is 0 Å². The van der Waals surface area contributed by atoms with Crippen molar-refractivity contribution in [2.24, 2.45) is 0 Å². The Hall–Kier alpha value is -1.14. The van der Waals surface area contributed by atoms with Gasteiger partial charge in [0.25, 0.3) is 0 Å². The molecular formula is C12H22O6. The molecule has 0 amide bonds. The number of aliphatic hydroxyl groups excluding tert-OH is 2. The number of aliphatic hydroxyl groups is 2. The maximum atomic E-state index is 11.1. The Bertz CT molecular complexity index is 223. The molecular weight excluding hydrogens is 240 g/mol. The van der Waals surface area contributed by atoms with Gasteiger partial charge < -0.3 is 10.2 Å². The molecule has 6 nitrogen and oxygen atoms in total. The molecule has 0 spiro atoms. The predicted octanol–water partition coefficient (Wildman–Crippen LogP) is 1.09. The quantitative estimate of drug-likeness (QED) is 0.502. The molecule has 0 heterocycles. The molecule has 0 aromatic carbocycles. The molecule has 6 heteroatoms. The van der Waals surface area contributed by atoms with E-state index in [1.807, 2.05) is 0 Å². The molecule has 2 atom stereocenters. The summed E-state index contributed by atoms with van der Waals surface area (Å²) in [4.78, 5) is 30.8. The van der Waals surface area contributed by atoms with E-state index in [1.165, 1.54) is 0 Å². The Morgan fingerprint density at radius 3 is 1.50 bits per heavy atom. The minimum atomic E-state index is -0.625. The third-order valence-electron chi connectivity index (χ3n) is 2.23. The Morgan fingerprint density at radius 1 is 0.889 bits per heavy atom. The highest BCUT2D eigenvalue weighted by molar-refractivity contribution is 5.72. The first-order valence-electron chi connectivity index (χ1n) is 6.18. The van der Waals surface area contributed by atoms with Gasteiger partial charge in [0.05, 0.1) is 25.0 Å². The first kappa shape index (κ1) is 16.9. The minimum absolute atomic E-state index is 0.103. The number of hydrogen-bond donors (Lipinski definition) is 2. The number of rotatable bonds is 8. The van der Waals surface area contributed by atoms with E-state index in [4.69, 9.17) is 10.2 Å². The van der Waals surface area contributed by atoms with Crippen LogP contribution in [0.1, 0.15) is 52.4 Å². The van der Waals surface area contributed by atoms with E-state index in [0.717, 1.165) is 0 Å². The average molecular weight is 262 g/mol. The summed E-state index contributed by atoms with van der Waals surface area (Å²) in [6.45, 7) is 3.26. The summed E-state index contributed by atoms with van der Waals surface area (Å²) in [5.41, 5.74) is 0. The van der Waals surface area contributed by atoms with Crippen LogP contribution in [0.4, 0.5) is 0 Å². The average Bonchev–Trinajstić information content (AvgIpc) is 2.25. The van der Waals surface area contributed by atoms with Gasteiger partial charge in [-0.2, -0.15) is 0 Å². The van der Waals surface area contributed by atoms with Gasteiger partial charge in [0.1, 0.15) is 0 Å². The van der Waals surface area contributed by atoms with Gasteiger partial charge in [0.2, 0.25) is 0 Å². The highest BCUT2D eigenvalue weighted by atomic mass is 17.2. The summed E-state index contributed by atoms with van der Waals surface area (Å²) in [6, 6.07) is 0. The Balaban J connectivity index is 3.50. The van der Waals surface area contributed by atoms with E-state index in [2.05, 4.69) is 9.78 Å². The normalized spacial score (nSPS) is 13.8. The first-order valence-corrected chi connectivity index (χ1v) is 6.18. The van der Waals surface area contributed by atoms with E-state index < -0.39 is 24.1 Å². The minimum Gasteiger partial charge on any atom is -0.393 e. The smallest absolute Gasteiger partial charge is 0.355 e. The van der Waals surface area contributed by atoms with Gasteiger partial charge >= 0.3 is 11.9 Å². The lowest BCUT2D eigenvalue weighted by atomic mass is 10.2. The Morgan fingerprint density at radius 2 is 1.22 bits per heavy atom. The molecule has 2 unspecified atom stereocenters. The molecule has 0 aromatic heterocycles. The molecule has 0 aliphatic rings. The van der Waals surface area contributed by atoms with Gasteiger partial charge in [0.15, 0.2) is 0 Å². The lowest BCUT2D eigenvalue weighted by molar-refractivity contribution is -0.259. The summed E-state index contributed by atoms with van der Waals surface area (Å²) in [7, 11) is 0. The van der Waals surface area contributed by atoms with Crippen LogP contribution in [-0.2, 0) is 19.4 Å². The molecule has 0 fully saturated rings. The van der Waals surface area contributed by atoms with Gasteiger partial charge in [-0.1, -0.05) is 0 Å². The zero-order valence-corrected chi connectivity index (χ0v) is 10.9. The van der Waals surface area contributed by atoms with Crippen LogP contribution in [0.3, 0.4) is 0 Å². The van der Waals surface area contributed by atoms with Crippen LogP contribution >= 0.6 is 0 Å². The fourth-order valence-corrected chi connectivity index (χ4v) is 1.26. The molecule has 0 aliphatic heterocycles. The number of carbonyl (C=O) groups is 2. The molecule has 0 saturated carbocycles. The van der Waals surface area contributed by atoms with E-state index in [1.54, 1.807) is 13.8 Å². The van der Waals surface area contributed by atoms with Crippen LogP contribution in [0.15, 0.2) is 0 Å². The monoisotopic (exact) mass is 262 g/mol. The van der Waals surface area contributed by atoms with Gasteiger partial charge in [0, 0.05) is 0 Å². The predicted molar refractivity (Wildman–Crippen MR) is 63.2 cm³/mol. The summed E-state index contributed by atoms with van der Waals surface area (Å²) < 4.78 is 0. The third-order valence-corrected chi connectivity index (χ3v) is 2.23. The van der Waals surface area contributed by atoms with Crippen molar-refractivity contribution in [3.05, 3.63) is 0 Å². The summed E-state index contributed by atoms with van der Waals surface area (Å²) >= 11 is 0. The molecule has 106 valence electrons. The van der Waals surface area contributed by atoms with Crippen LogP contribution in [0.2, 0.25) is 0 Å². The van der Waals surface area contributed by atoms with Crippen molar-refractivity contribution < 1.29 is 29.6 Å². The number of hydrogen-bond acceptors (Lipinski definition) is 6. The second kappa shape index (κ2) is 9.85. The fourth-order valence-electron chi connectivity index (χ4n) is 1.26. The van der Waals surface area contributed by atoms with Gasteiger partial charge in [-0.05, 0) is 39.5 Å². The van der Waals surface area contributed by atoms with Gasteiger partial charge in [-0.15, -0.1) is 0 Å². The van der Waals surface area contributed by atoms with Crippen molar-refractivity contribution in [3.63, 3.8) is 0 Å². The van der Waals surface area contributed by atoms with Crippen LogP contribution < -0.4 is 0 Å². The van der Waals surface area contributed by atoms with E-state index in [9.17, 15) is 9.59 Å². The topological polar surface area (TPSA) is 93.1 Å². The van der Waals surface area contributed by atoms with E-state index >= 15 is 0 Å². The van der Waals surface area contributed by atoms with Gasteiger partial charge in [-0.3, -0.25) is 0 Å². The fraction of sp³-hybridized carbons (Fsp3) is 0.833. The maximum Gasteiger partial charge on any atom is 0.355 e. The second-order valence-electron chi connectivity index (χ2n) is 4.39. The Labute approximate surface area is 107 Å². The molecule has 18 heavy (non-hydrogen) atoms.